The van der Waals surface area contributed by atoms with Crippen LogP contribution in [-0.2, 0) is 11.2 Å². The summed E-state index contributed by atoms with van der Waals surface area (Å²) in [6, 6.07) is 5.02. The summed E-state index contributed by atoms with van der Waals surface area (Å²) in [6.07, 6.45) is 6.86. The van der Waals surface area contributed by atoms with Gasteiger partial charge in [0.25, 0.3) is 0 Å². The zero-order valence-corrected chi connectivity index (χ0v) is 11.1. The average Bonchev–Trinajstić information content (AvgIpc) is 2.41. The van der Waals surface area contributed by atoms with Gasteiger partial charge in [0, 0.05) is 12.5 Å². The third-order valence-electron chi connectivity index (χ3n) is 3.65. The lowest BCUT2D eigenvalue weighted by Gasteiger charge is -2.22. The van der Waals surface area contributed by atoms with Gasteiger partial charge in [0.15, 0.2) is 11.5 Å². The summed E-state index contributed by atoms with van der Waals surface area (Å²) < 4.78 is 0. The molecule has 0 aromatic heterocycles. The van der Waals surface area contributed by atoms with Crippen molar-refractivity contribution >= 4 is 5.91 Å². The third-order valence-corrected chi connectivity index (χ3v) is 3.65. The molecule has 2 rings (SSSR count). The monoisotopic (exact) mass is 263 g/mol. The maximum atomic E-state index is 11.8. The van der Waals surface area contributed by atoms with E-state index in [1.54, 1.807) is 6.07 Å². The van der Waals surface area contributed by atoms with Crippen LogP contribution in [0.5, 0.6) is 11.5 Å². The SMILES string of the molecule is O=C(CCc1ccc(O)c(O)c1)NC1CCCCC1. The summed E-state index contributed by atoms with van der Waals surface area (Å²) >= 11 is 0. The van der Waals surface area contributed by atoms with Gasteiger partial charge in [0.1, 0.15) is 0 Å². The Labute approximate surface area is 113 Å². The van der Waals surface area contributed by atoms with E-state index in [2.05, 4.69) is 5.32 Å². The van der Waals surface area contributed by atoms with Gasteiger partial charge in [-0.05, 0) is 37.0 Å². The fourth-order valence-electron chi connectivity index (χ4n) is 2.53. The molecule has 0 unspecified atom stereocenters. The Kier molecular flexibility index (Phi) is 4.66. The van der Waals surface area contributed by atoms with E-state index in [0.717, 1.165) is 18.4 Å². The van der Waals surface area contributed by atoms with E-state index in [9.17, 15) is 15.0 Å². The van der Waals surface area contributed by atoms with Crippen LogP contribution in [0.1, 0.15) is 44.1 Å². The predicted octanol–water partition coefficient (Wildman–Crippen LogP) is 2.48. The van der Waals surface area contributed by atoms with Crippen molar-refractivity contribution < 1.29 is 15.0 Å². The first-order valence-corrected chi connectivity index (χ1v) is 6.95. The molecule has 0 saturated heterocycles. The second-order valence-corrected chi connectivity index (χ2v) is 5.23. The molecular formula is C15H21NO3. The number of nitrogens with one attached hydrogen (secondary N) is 1. The van der Waals surface area contributed by atoms with E-state index in [4.69, 9.17) is 0 Å². The highest BCUT2D eigenvalue weighted by Gasteiger charge is 2.15. The Balaban J connectivity index is 1.77. The van der Waals surface area contributed by atoms with E-state index in [0.29, 0.717) is 18.9 Å². The maximum Gasteiger partial charge on any atom is 0.220 e. The minimum atomic E-state index is -0.134. The van der Waals surface area contributed by atoms with Crippen molar-refractivity contribution in [2.45, 2.75) is 51.0 Å². The van der Waals surface area contributed by atoms with Crippen LogP contribution >= 0.6 is 0 Å². The molecule has 4 heteroatoms. The second kappa shape index (κ2) is 6.45. The van der Waals surface area contributed by atoms with Gasteiger partial charge in [-0.3, -0.25) is 4.79 Å². The summed E-state index contributed by atoms with van der Waals surface area (Å²) in [6.45, 7) is 0. The molecule has 4 nitrogen and oxygen atoms in total. The molecule has 0 spiro atoms. The number of carbonyl (C=O) groups excluding carboxylic acids is 1. The molecule has 1 aliphatic rings. The highest BCUT2D eigenvalue weighted by molar-refractivity contribution is 5.76. The van der Waals surface area contributed by atoms with Crippen molar-refractivity contribution in [1.82, 2.24) is 5.32 Å². The Morgan fingerprint density at radius 1 is 1.16 bits per heavy atom. The Morgan fingerprint density at radius 3 is 2.58 bits per heavy atom. The minimum Gasteiger partial charge on any atom is -0.504 e. The Morgan fingerprint density at radius 2 is 1.89 bits per heavy atom. The molecule has 1 fully saturated rings. The second-order valence-electron chi connectivity index (χ2n) is 5.23. The first kappa shape index (κ1) is 13.7. The lowest BCUT2D eigenvalue weighted by Crippen LogP contribution is -2.36. The summed E-state index contributed by atoms with van der Waals surface area (Å²) in [5.74, 6) is -0.194. The average molecular weight is 263 g/mol. The molecule has 0 bridgehead atoms. The van der Waals surface area contributed by atoms with E-state index >= 15 is 0 Å². The Hall–Kier alpha value is -1.71. The molecule has 1 aromatic carbocycles. The molecule has 1 saturated carbocycles. The van der Waals surface area contributed by atoms with Crippen LogP contribution in [0.25, 0.3) is 0 Å². The number of phenolic OH excluding ortho intramolecular Hbond substituents is 2. The molecule has 1 amide bonds. The number of aryl methyl sites for hydroxylation is 1. The summed E-state index contributed by atoms with van der Waals surface area (Å²) in [5.41, 5.74) is 0.856. The number of hydrogen-bond acceptors (Lipinski definition) is 3. The van der Waals surface area contributed by atoms with E-state index < -0.39 is 0 Å². The van der Waals surface area contributed by atoms with Gasteiger partial charge in [0.05, 0.1) is 0 Å². The minimum absolute atomic E-state index is 0.0689. The van der Waals surface area contributed by atoms with Crippen molar-refractivity contribution in [2.75, 3.05) is 0 Å². The van der Waals surface area contributed by atoms with Crippen LogP contribution in [0.3, 0.4) is 0 Å². The number of phenols is 2. The smallest absolute Gasteiger partial charge is 0.220 e. The van der Waals surface area contributed by atoms with Crippen molar-refractivity contribution in [2.24, 2.45) is 0 Å². The number of rotatable bonds is 4. The van der Waals surface area contributed by atoms with Gasteiger partial charge >= 0.3 is 0 Å². The van der Waals surface area contributed by atoms with Crippen LogP contribution in [-0.4, -0.2) is 22.2 Å². The van der Waals surface area contributed by atoms with Crippen LogP contribution in [0.4, 0.5) is 0 Å². The van der Waals surface area contributed by atoms with Crippen molar-refractivity contribution in [1.29, 1.82) is 0 Å². The number of amides is 1. The topological polar surface area (TPSA) is 69.6 Å². The fourth-order valence-corrected chi connectivity index (χ4v) is 2.53. The number of aromatic hydroxyl groups is 2. The number of hydrogen-bond donors (Lipinski definition) is 3. The third kappa shape index (κ3) is 4.16. The molecule has 0 aliphatic heterocycles. The standard InChI is InChI=1S/C15H21NO3/c17-13-8-6-11(10-14(13)18)7-9-15(19)16-12-4-2-1-3-5-12/h6,8,10,12,17-18H,1-5,7,9H2,(H,16,19). The lowest BCUT2D eigenvalue weighted by atomic mass is 9.95. The fraction of sp³-hybridized carbons (Fsp3) is 0.533. The normalized spacial score (nSPS) is 16.2. The van der Waals surface area contributed by atoms with E-state index in [1.165, 1.54) is 31.4 Å². The van der Waals surface area contributed by atoms with Crippen LogP contribution in [0, 0.1) is 0 Å². The molecule has 19 heavy (non-hydrogen) atoms. The van der Waals surface area contributed by atoms with Gasteiger partial charge in [-0.25, -0.2) is 0 Å². The molecule has 0 heterocycles. The lowest BCUT2D eigenvalue weighted by molar-refractivity contribution is -0.121. The molecule has 0 atom stereocenters. The molecule has 0 radical (unpaired) electrons. The number of carbonyl (C=O) groups is 1. The largest absolute Gasteiger partial charge is 0.504 e. The van der Waals surface area contributed by atoms with Crippen molar-refractivity contribution in [3.63, 3.8) is 0 Å². The van der Waals surface area contributed by atoms with Gasteiger partial charge < -0.3 is 15.5 Å². The van der Waals surface area contributed by atoms with Crippen LogP contribution < -0.4 is 5.32 Å². The van der Waals surface area contributed by atoms with Gasteiger partial charge in [-0.1, -0.05) is 25.3 Å². The van der Waals surface area contributed by atoms with Gasteiger partial charge in [-0.15, -0.1) is 0 Å². The van der Waals surface area contributed by atoms with E-state index in [1.807, 2.05) is 0 Å². The van der Waals surface area contributed by atoms with E-state index in [-0.39, 0.29) is 17.4 Å². The van der Waals surface area contributed by atoms with Gasteiger partial charge in [0.2, 0.25) is 5.91 Å². The van der Waals surface area contributed by atoms with Crippen LogP contribution in [0.15, 0.2) is 18.2 Å². The summed E-state index contributed by atoms with van der Waals surface area (Å²) in [4.78, 5) is 11.8. The highest BCUT2D eigenvalue weighted by atomic mass is 16.3. The van der Waals surface area contributed by atoms with Crippen molar-refractivity contribution in [3.05, 3.63) is 23.8 Å². The number of benzene rings is 1. The predicted molar refractivity (Wildman–Crippen MR) is 73.1 cm³/mol. The van der Waals surface area contributed by atoms with Gasteiger partial charge in [-0.2, -0.15) is 0 Å². The quantitative estimate of drug-likeness (QED) is 0.731. The zero-order valence-electron chi connectivity index (χ0n) is 11.1. The molecule has 104 valence electrons. The van der Waals surface area contributed by atoms with Crippen LogP contribution in [0.2, 0.25) is 0 Å². The molecule has 1 aliphatic carbocycles. The first-order chi connectivity index (χ1) is 9.15. The first-order valence-electron chi connectivity index (χ1n) is 6.95. The zero-order chi connectivity index (χ0) is 13.7. The molecule has 1 aromatic rings. The maximum absolute atomic E-state index is 11.8. The molecule has 3 N–H and O–H groups in total. The highest BCUT2D eigenvalue weighted by Crippen LogP contribution is 2.25. The molecular weight excluding hydrogens is 242 g/mol. The summed E-state index contributed by atoms with van der Waals surface area (Å²) in [7, 11) is 0. The Bertz CT molecular complexity index is 439. The summed E-state index contributed by atoms with van der Waals surface area (Å²) in [5, 5.41) is 21.6. The van der Waals surface area contributed by atoms with Crippen molar-refractivity contribution in [3.8, 4) is 11.5 Å².